The van der Waals surface area contributed by atoms with E-state index in [0.717, 1.165) is 21.5 Å². The maximum atomic E-state index is 11.6. The minimum absolute atomic E-state index is 0.102. The number of halogens is 1. The molecule has 3 nitrogen and oxygen atoms in total. The quantitative estimate of drug-likeness (QED) is 0.830. The molecular formula is C17H18BrNO2. The minimum atomic E-state index is -0.102. The highest BCUT2D eigenvalue weighted by atomic mass is 79.9. The molecule has 0 spiro atoms. The smallest absolute Gasteiger partial charge is 0.141 e. The van der Waals surface area contributed by atoms with Crippen LogP contribution in [0.25, 0.3) is 0 Å². The van der Waals surface area contributed by atoms with E-state index in [2.05, 4.69) is 21.2 Å². The lowest BCUT2D eigenvalue weighted by Crippen LogP contribution is -2.15. The molecule has 0 heterocycles. The van der Waals surface area contributed by atoms with Crippen LogP contribution >= 0.6 is 15.9 Å². The van der Waals surface area contributed by atoms with Gasteiger partial charge in [0.2, 0.25) is 0 Å². The number of anilines is 1. The number of nitrogens with one attached hydrogen (secondary N) is 1. The van der Waals surface area contributed by atoms with E-state index >= 15 is 0 Å². The molecule has 4 heteroatoms. The van der Waals surface area contributed by atoms with Crippen molar-refractivity contribution < 1.29 is 9.53 Å². The average molecular weight is 348 g/mol. The van der Waals surface area contributed by atoms with Crippen LogP contribution in [0.5, 0.6) is 5.75 Å². The van der Waals surface area contributed by atoms with Crippen molar-refractivity contribution in [1.82, 2.24) is 0 Å². The molecule has 0 bridgehead atoms. The molecule has 21 heavy (non-hydrogen) atoms. The van der Waals surface area contributed by atoms with Gasteiger partial charge in [0.05, 0.1) is 18.8 Å². The fourth-order valence-corrected chi connectivity index (χ4v) is 2.80. The van der Waals surface area contributed by atoms with Gasteiger partial charge in [0.25, 0.3) is 0 Å². The molecule has 0 amide bonds. The van der Waals surface area contributed by atoms with Gasteiger partial charge >= 0.3 is 0 Å². The number of methoxy groups -OCH3 is 1. The van der Waals surface area contributed by atoms with Crippen LogP contribution in [0.1, 0.15) is 24.9 Å². The zero-order valence-corrected chi connectivity index (χ0v) is 13.7. The summed E-state index contributed by atoms with van der Waals surface area (Å²) in [5, 5.41) is 3.41. The lowest BCUT2D eigenvalue weighted by atomic mass is 10.0. The summed E-state index contributed by atoms with van der Waals surface area (Å²) in [5.41, 5.74) is 1.93. The van der Waals surface area contributed by atoms with Crippen molar-refractivity contribution in [1.29, 1.82) is 0 Å². The van der Waals surface area contributed by atoms with Crippen LogP contribution < -0.4 is 10.1 Å². The van der Waals surface area contributed by atoms with Gasteiger partial charge in [-0.05, 0) is 30.7 Å². The maximum Gasteiger partial charge on any atom is 0.141 e. The van der Waals surface area contributed by atoms with Gasteiger partial charge in [-0.2, -0.15) is 0 Å². The minimum Gasteiger partial charge on any atom is -0.495 e. The van der Waals surface area contributed by atoms with Crippen molar-refractivity contribution in [2.24, 2.45) is 0 Å². The molecule has 0 saturated heterocycles. The van der Waals surface area contributed by atoms with Crippen LogP contribution in [0.4, 0.5) is 5.69 Å². The zero-order valence-electron chi connectivity index (χ0n) is 12.1. The van der Waals surface area contributed by atoms with Gasteiger partial charge in [-0.3, -0.25) is 4.79 Å². The van der Waals surface area contributed by atoms with E-state index in [1.54, 1.807) is 14.0 Å². The van der Waals surface area contributed by atoms with Crippen LogP contribution in [-0.2, 0) is 4.79 Å². The van der Waals surface area contributed by atoms with Crippen LogP contribution in [0, 0.1) is 0 Å². The van der Waals surface area contributed by atoms with Crippen molar-refractivity contribution in [2.75, 3.05) is 12.4 Å². The number of para-hydroxylation sites is 2. The van der Waals surface area contributed by atoms with Gasteiger partial charge in [0.1, 0.15) is 11.5 Å². The molecule has 0 unspecified atom stereocenters. The fraction of sp³-hybridized carbons (Fsp3) is 0.235. The van der Waals surface area contributed by atoms with Crippen molar-refractivity contribution in [3.63, 3.8) is 0 Å². The number of carbonyl (C=O) groups excluding carboxylic acids is 1. The molecule has 0 fully saturated rings. The van der Waals surface area contributed by atoms with E-state index in [0.29, 0.717) is 6.42 Å². The van der Waals surface area contributed by atoms with Gasteiger partial charge in [0, 0.05) is 10.9 Å². The van der Waals surface area contributed by atoms with Gasteiger partial charge in [-0.15, -0.1) is 0 Å². The number of hydrogen-bond donors (Lipinski definition) is 1. The number of benzene rings is 2. The third-order valence-corrected chi connectivity index (χ3v) is 3.93. The zero-order chi connectivity index (χ0) is 15.2. The van der Waals surface area contributed by atoms with E-state index in [1.807, 2.05) is 48.5 Å². The number of ketones is 1. The highest BCUT2D eigenvalue weighted by Crippen LogP contribution is 2.32. The first-order valence-corrected chi connectivity index (χ1v) is 7.54. The third-order valence-electron chi connectivity index (χ3n) is 3.21. The number of ether oxygens (including phenoxy) is 1. The van der Waals surface area contributed by atoms with E-state index in [-0.39, 0.29) is 11.8 Å². The summed E-state index contributed by atoms with van der Waals surface area (Å²) < 4.78 is 6.34. The normalized spacial score (nSPS) is 11.8. The Morgan fingerprint density at radius 1 is 1.19 bits per heavy atom. The molecule has 2 aromatic carbocycles. The SMILES string of the molecule is COc1ccccc1N[C@H](CC(C)=O)c1ccccc1Br. The number of hydrogen-bond acceptors (Lipinski definition) is 3. The third kappa shape index (κ3) is 4.08. The number of rotatable bonds is 6. The largest absolute Gasteiger partial charge is 0.495 e. The second kappa shape index (κ2) is 7.27. The lowest BCUT2D eigenvalue weighted by Gasteiger charge is -2.22. The number of carbonyl (C=O) groups is 1. The van der Waals surface area contributed by atoms with Crippen LogP contribution in [-0.4, -0.2) is 12.9 Å². The molecule has 2 aromatic rings. The Bertz CT molecular complexity index is 628. The summed E-state index contributed by atoms with van der Waals surface area (Å²) in [6, 6.07) is 15.5. The van der Waals surface area contributed by atoms with Crippen LogP contribution in [0.2, 0.25) is 0 Å². The van der Waals surface area contributed by atoms with Gasteiger partial charge in [-0.25, -0.2) is 0 Å². The lowest BCUT2D eigenvalue weighted by molar-refractivity contribution is -0.117. The maximum absolute atomic E-state index is 11.6. The van der Waals surface area contributed by atoms with Crippen LogP contribution in [0.15, 0.2) is 53.0 Å². The number of Topliss-reactive ketones (excluding diaryl/α,β-unsaturated/α-hetero) is 1. The second-order valence-electron chi connectivity index (χ2n) is 4.82. The fourth-order valence-electron chi connectivity index (χ4n) is 2.24. The molecule has 110 valence electrons. The molecule has 0 saturated carbocycles. The first-order valence-electron chi connectivity index (χ1n) is 6.75. The Hall–Kier alpha value is -1.81. The molecule has 0 aliphatic carbocycles. The first-order chi connectivity index (χ1) is 10.1. The van der Waals surface area contributed by atoms with Crippen molar-refractivity contribution in [3.05, 3.63) is 58.6 Å². The Morgan fingerprint density at radius 3 is 2.52 bits per heavy atom. The molecule has 0 aliphatic rings. The summed E-state index contributed by atoms with van der Waals surface area (Å²) >= 11 is 3.55. The standard InChI is InChI=1S/C17H18BrNO2/c1-12(20)11-16(13-7-3-4-8-14(13)18)19-15-9-5-6-10-17(15)21-2/h3-10,16,19H,11H2,1-2H3/t16-/m1/s1. The second-order valence-corrected chi connectivity index (χ2v) is 5.68. The summed E-state index contributed by atoms with van der Waals surface area (Å²) in [6.45, 7) is 1.60. The topological polar surface area (TPSA) is 38.3 Å². The molecule has 0 aliphatic heterocycles. The monoisotopic (exact) mass is 347 g/mol. The molecule has 1 atom stereocenters. The Morgan fingerprint density at radius 2 is 1.86 bits per heavy atom. The Labute approximate surface area is 133 Å². The highest BCUT2D eigenvalue weighted by molar-refractivity contribution is 9.10. The van der Waals surface area contributed by atoms with Gasteiger partial charge < -0.3 is 10.1 Å². The summed E-state index contributed by atoms with van der Waals surface area (Å²) in [5.74, 6) is 0.899. The predicted octanol–water partition coefficient (Wildman–Crippen LogP) is 4.59. The Balaban J connectivity index is 2.33. The van der Waals surface area contributed by atoms with Crippen molar-refractivity contribution in [2.45, 2.75) is 19.4 Å². The molecule has 2 rings (SSSR count). The average Bonchev–Trinajstić information content (AvgIpc) is 2.47. The summed E-state index contributed by atoms with van der Waals surface area (Å²) in [4.78, 5) is 11.6. The molecular weight excluding hydrogens is 330 g/mol. The van der Waals surface area contributed by atoms with Crippen molar-refractivity contribution >= 4 is 27.4 Å². The predicted molar refractivity (Wildman–Crippen MR) is 88.8 cm³/mol. The van der Waals surface area contributed by atoms with Gasteiger partial charge in [0.15, 0.2) is 0 Å². The van der Waals surface area contributed by atoms with E-state index in [4.69, 9.17) is 4.74 Å². The van der Waals surface area contributed by atoms with Gasteiger partial charge in [-0.1, -0.05) is 46.3 Å². The molecule has 1 N–H and O–H groups in total. The molecule has 0 aromatic heterocycles. The van der Waals surface area contributed by atoms with E-state index in [1.165, 1.54) is 0 Å². The summed E-state index contributed by atoms with van der Waals surface area (Å²) in [7, 11) is 1.64. The highest BCUT2D eigenvalue weighted by Gasteiger charge is 2.17. The first kappa shape index (κ1) is 15.6. The van der Waals surface area contributed by atoms with E-state index in [9.17, 15) is 4.79 Å². The van der Waals surface area contributed by atoms with Crippen molar-refractivity contribution in [3.8, 4) is 5.75 Å². The summed E-state index contributed by atoms with van der Waals surface area (Å²) in [6.07, 6.45) is 0.417. The Kier molecular flexibility index (Phi) is 5.39. The van der Waals surface area contributed by atoms with E-state index < -0.39 is 0 Å². The molecule has 0 radical (unpaired) electrons. The van der Waals surface area contributed by atoms with Crippen LogP contribution in [0.3, 0.4) is 0 Å².